The molecule has 0 saturated carbocycles. The van der Waals surface area contributed by atoms with E-state index in [1.54, 1.807) is 24.8 Å². The van der Waals surface area contributed by atoms with Gasteiger partial charge in [-0.2, -0.15) is 11.8 Å². The second-order valence-corrected chi connectivity index (χ2v) is 7.59. The average molecular weight is 293 g/mol. The lowest BCUT2D eigenvalue weighted by Gasteiger charge is -2.33. The van der Waals surface area contributed by atoms with Gasteiger partial charge < -0.3 is 4.74 Å². The Morgan fingerprint density at radius 2 is 2.22 bits per heavy atom. The van der Waals surface area contributed by atoms with Crippen LogP contribution in [-0.2, 0) is 19.4 Å². The minimum Gasteiger partial charge on any atom is -0.466 e. The van der Waals surface area contributed by atoms with E-state index in [2.05, 4.69) is 4.74 Å². The van der Waals surface area contributed by atoms with Crippen LogP contribution in [0.4, 0.5) is 0 Å². The Bertz CT molecular complexity index is 430. The van der Waals surface area contributed by atoms with E-state index >= 15 is 0 Å². The highest BCUT2D eigenvalue weighted by atomic mass is 32.2. The van der Waals surface area contributed by atoms with Crippen LogP contribution in [0.15, 0.2) is 11.6 Å². The third-order valence-electron chi connectivity index (χ3n) is 2.82. The Morgan fingerprint density at radius 3 is 2.78 bits per heavy atom. The van der Waals surface area contributed by atoms with E-state index in [9.17, 15) is 13.2 Å². The van der Waals surface area contributed by atoms with Gasteiger partial charge in [-0.25, -0.2) is 13.2 Å². The molecule has 1 atom stereocenters. The molecule has 1 rings (SSSR count). The second kappa shape index (κ2) is 6.58. The number of hydrogen-bond acceptors (Lipinski definition) is 6. The molecule has 0 aromatic rings. The highest BCUT2D eigenvalue weighted by Gasteiger charge is 2.30. The molecule has 0 aromatic heterocycles. The van der Waals surface area contributed by atoms with Crippen molar-refractivity contribution in [2.24, 2.45) is 0 Å². The minimum atomic E-state index is -3.09. The van der Waals surface area contributed by atoms with Crippen LogP contribution < -0.4 is 0 Å². The third kappa shape index (κ3) is 4.29. The average Bonchev–Trinajstić information content (AvgIpc) is 2.34. The van der Waals surface area contributed by atoms with Crippen LogP contribution in [0.5, 0.6) is 0 Å². The van der Waals surface area contributed by atoms with Gasteiger partial charge in [0.15, 0.2) is 9.84 Å². The zero-order valence-corrected chi connectivity index (χ0v) is 12.5. The topological polar surface area (TPSA) is 63.7 Å². The van der Waals surface area contributed by atoms with Crippen LogP contribution in [-0.4, -0.2) is 62.6 Å². The van der Waals surface area contributed by atoms with Crippen molar-refractivity contribution in [1.82, 2.24) is 4.90 Å². The fourth-order valence-electron chi connectivity index (χ4n) is 1.72. The maximum absolute atomic E-state index is 11.7. The number of carbonyl (C=O) groups is 1. The molecule has 0 bridgehead atoms. The highest BCUT2D eigenvalue weighted by Crippen LogP contribution is 2.20. The van der Waals surface area contributed by atoms with E-state index in [1.807, 2.05) is 4.90 Å². The molecule has 0 spiro atoms. The molecule has 0 radical (unpaired) electrons. The van der Waals surface area contributed by atoms with Crippen LogP contribution in [0, 0.1) is 0 Å². The van der Waals surface area contributed by atoms with E-state index in [4.69, 9.17) is 0 Å². The van der Waals surface area contributed by atoms with Crippen molar-refractivity contribution < 1.29 is 17.9 Å². The summed E-state index contributed by atoms with van der Waals surface area (Å²) in [5.74, 6) is 1.12. The summed E-state index contributed by atoms with van der Waals surface area (Å²) < 4.78 is 27.9. The Kier molecular flexibility index (Phi) is 5.68. The summed E-state index contributed by atoms with van der Waals surface area (Å²) in [4.78, 5) is 13.1. The van der Waals surface area contributed by atoms with Crippen molar-refractivity contribution in [1.29, 1.82) is 0 Å². The van der Waals surface area contributed by atoms with Crippen LogP contribution >= 0.6 is 11.8 Å². The number of nitrogens with zero attached hydrogens (tertiary/aromatic N) is 1. The summed E-state index contributed by atoms with van der Waals surface area (Å²) in [5, 5.41) is -0.460. The molecule has 1 aliphatic rings. The Labute approximate surface area is 112 Å². The molecule has 1 saturated heterocycles. The third-order valence-corrected chi connectivity index (χ3v) is 5.51. The fourth-order valence-corrected chi connectivity index (χ4v) is 4.67. The number of hydrogen-bond donors (Lipinski definition) is 0. The smallest absolute Gasteiger partial charge is 0.333 e. The molecule has 5 nitrogen and oxygen atoms in total. The molecular weight excluding hydrogens is 274 g/mol. The summed E-state index contributed by atoms with van der Waals surface area (Å²) in [7, 11) is -1.76. The summed E-state index contributed by atoms with van der Waals surface area (Å²) >= 11 is 1.65. The molecule has 0 N–H and O–H groups in total. The van der Waals surface area contributed by atoms with Crippen molar-refractivity contribution in [3.05, 3.63) is 11.6 Å². The summed E-state index contributed by atoms with van der Waals surface area (Å²) in [6.07, 6.45) is 2.98. The lowest BCUT2D eigenvalue weighted by atomic mass is 10.3. The molecule has 104 valence electrons. The van der Waals surface area contributed by atoms with Crippen LogP contribution in [0.3, 0.4) is 0 Å². The van der Waals surface area contributed by atoms with Gasteiger partial charge in [0.05, 0.1) is 7.11 Å². The van der Waals surface area contributed by atoms with Crippen molar-refractivity contribution >= 4 is 27.6 Å². The summed E-state index contributed by atoms with van der Waals surface area (Å²) in [6, 6.07) is 0. The zero-order chi connectivity index (χ0) is 13.8. The van der Waals surface area contributed by atoms with Gasteiger partial charge >= 0.3 is 5.97 Å². The maximum Gasteiger partial charge on any atom is 0.333 e. The van der Waals surface area contributed by atoms with Gasteiger partial charge in [-0.05, 0) is 6.92 Å². The summed E-state index contributed by atoms with van der Waals surface area (Å²) in [5.41, 5.74) is 0.503. The monoisotopic (exact) mass is 293 g/mol. The minimum absolute atomic E-state index is 0.378. The lowest BCUT2D eigenvalue weighted by molar-refractivity contribution is -0.136. The standard InChI is InChI=1S/C11H19NO4S2/c1-9(11(13)16-2)4-5-12-6-7-17-8-10(12)18(3,14)15/h4,10H,5-8H2,1-3H3. The van der Waals surface area contributed by atoms with Crippen LogP contribution in [0.1, 0.15) is 6.92 Å². The van der Waals surface area contributed by atoms with E-state index in [1.165, 1.54) is 13.4 Å². The molecule has 1 heterocycles. The van der Waals surface area contributed by atoms with Gasteiger partial charge in [0.1, 0.15) is 5.37 Å². The number of ether oxygens (including phenoxy) is 1. The van der Waals surface area contributed by atoms with Crippen LogP contribution in [0.25, 0.3) is 0 Å². The highest BCUT2D eigenvalue weighted by molar-refractivity contribution is 8.00. The number of thioether (sulfide) groups is 1. The van der Waals surface area contributed by atoms with Crippen molar-refractivity contribution in [2.45, 2.75) is 12.3 Å². The zero-order valence-electron chi connectivity index (χ0n) is 10.9. The van der Waals surface area contributed by atoms with E-state index in [0.717, 1.165) is 5.75 Å². The Hall–Kier alpha value is -0.530. The number of carbonyl (C=O) groups excluding carboxylic acids is 1. The van der Waals surface area contributed by atoms with Crippen molar-refractivity contribution in [2.75, 3.05) is 38.0 Å². The molecule has 1 unspecified atom stereocenters. The first kappa shape index (κ1) is 15.5. The first-order chi connectivity index (χ1) is 8.36. The number of rotatable bonds is 4. The first-order valence-corrected chi connectivity index (χ1v) is 8.73. The van der Waals surface area contributed by atoms with Gasteiger partial charge in [-0.3, -0.25) is 4.90 Å². The van der Waals surface area contributed by atoms with Gasteiger partial charge in [0.2, 0.25) is 0 Å². The fraction of sp³-hybridized carbons (Fsp3) is 0.727. The van der Waals surface area contributed by atoms with Gasteiger partial charge in [0, 0.05) is 36.4 Å². The molecular formula is C11H19NO4S2. The van der Waals surface area contributed by atoms with E-state index in [-0.39, 0.29) is 5.97 Å². The van der Waals surface area contributed by atoms with Crippen LogP contribution in [0.2, 0.25) is 0 Å². The molecule has 0 aromatic carbocycles. The Balaban J connectivity index is 2.72. The number of esters is 1. The molecule has 0 amide bonds. The predicted molar refractivity (Wildman–Crippen MR) is 73.3 cm³/mol. The van der Waals surface area contributed by atoms with Gasteiger partial charge in [-0.1, -0.05) is 6.08 Å². The van der Waals surface area contributed by atoms with Crippen molar-refractivity contribution in [3.8, 4) is 0 Å². The van der Waals surface area contributed by atoms with Gasteiger partial charge in [-0.15, -0.1) is 0 Å². The first-order valence-electron chi connectivity index (χ1n) is 5.62. The molecule has 0 aliphatic carbocycles. The lowest BCUT2D eigenvalue weighted by Crippen LogP contribution is -2.46. The molecule has 1 aliphatic heterocycles. The molecule has 7 heteroatoms. The number of methoxy groups -OCH3 is 1. The second-order valence-electron chi connectivity index (χ2n) is 4.23. The van der Waals surface area contributed by atoms with Crippen molar-refractivity contribution in [3.63, 3.8) is 0 Å². The van der Waals surface area contributed by atoms with Gasteiger partial charge in [0.25, 0.3) is 0 Å². The van der Waals surface area contributed by atoms with E-state index in [0.29, 0.717) is 24.4 Å². The quantitative estimate of drug-likeness (QED) is 0.556. The number of sulfone groups is 1. The largest absolute Gasteiger partial charge is 0.466 e. The summed E-state index contributed by atoms with van der Waals surface area (Å²) in [6.45, 7) is 2.84. The molecule has 1 fully saturated rings. The Morgan fingerprint density at radius 1 is 1.56 bits per heavy atom. The SMILES string of the molecule is COC(=O)C(C)=CCN1CCSCC1S(C)(=O)=O. The predicted octanol–water partition coefficient (Wildman–Crippen LogP) is 0.525. The normalized spacial score (nSPS) is 22.8. The maximum atomic E-state index is 11.7. The van der Waals surface area contributed by atoms with E-state index < -0.39 is 15.2 Å². The molecule has 18 heavy (non-hydrogen) atoms.